The van der Waals surface area contributed by atoms with Crippen LogP contribution in [0.2, 0.25) is 0 Å². The van der Waals surface area contributed by atoms with E-state index in [-0.39, 0.29) is 11.4 Å². The average molecular weight is 353 g/mol. The minimum atomic E-state index is -0.493. The van der Waals surface area contributed by atoms with Crippen molar-refractivity contribution in [3.8, 4) is 0 Å². The molecule has 0 spiro atoms. The molecule has 0 saturated heterocycles. The zero-order chi connectivity index (χ0) is 17.6. The highest BCUT2D eigenvalue weighted by atomic mass is 32.1. The van der Waals surface area contributed by atoms with Crippen molar-refractivity contribution >= 4 is 44.1 Å². The fourth-order valence-electron chi connectivity index (χ4n) is 2.57. The molecule has 25 heavy (non-hydrogen) atoms. The van der Waals surface area contributed by atoms with Crippen LogP contribution in [0.25, 0.3) is 21.2 Å². The zero-order valence-electron chi connectivity index (χ0n) is 13.0. The fraction of sp³-hybridized carbons (Fsp3) is 0.0588. The Bertz CT molecular complexity index is 1180. The van der Waals surface area contributed by atoms with Gasteiger partial charge in [0.05, 0.1) is 15.1 Å². The Morgan fingerprint density at radius 3 is 2.80 bits per heavy atom. The van der Waals surface area contributed by atoms with Crippen LogP contribution in [0.1, 0.15) is 10.6 Å². The first-order valence-electron chi connectivity index (χ1n) is 7.34. The second kappa shape index (κ2) is 5.67. The molecule has 0 N–H and O–H groups in total. The number of furan rings is 1. The molecule has 0 bridgehead atoms. The van der Waals surface area contributed by atoms with Gasteiger partial charge in [0.1, 0.15) is 5.58 Å². The van der Waals surface area contributed by atoms with Gasteiger partial charge in [0.2, 0.25) is 0 Å². The number of thiazole rings is 1. The molecule has 2 aromatic carbocycles. The van der Waals surface area contributed by atoms with Crippen LogP contribution in [0.15, 0.2) is 57.9 Å². The Balaban J connectivity index is 1.81. The molecule has 8 heteroatoms. The van der Waals surface area contributed by atoms with Crippen LogP contribution in [0, 0.1) is 10.1 Å². The monoisotopic (exact) mass is 353 g/mol. The van der Waals surface area contributed by atoms with Gasteiger partial charge in [0.25, 0.3) is 5.69 Å². The van der Waals surface area contributed by atoms with E-state index < -0.39 is 10.8 Å². The topological polar surface area (TPSA) is 90.6 Å². The molecular formula is C17H11N3O4S. The lowest BCUT2D eigenvalue weighted by Crippen LogP contribution is -2.12. The Kier molecular flexibility index (Phi) is 3.47. The lowest BCUT2D eigenvalue weighted by molar-refractivity contribution is -0.384. The molecule has 0 aliphatic heterocycles. The van der Waals surface area contributed by atoms with E-state index >= 15 is 0 Å². The highest BCUT2D eigenvalue weighted by molar-refractivity contribution is 7.16. The third kappa shape index (κ3) is 2.62. The second-order valence-corrected chi connectivity index (χ2v) is 6.43. The minimum Gasteiger partial charge on any atom is -0.451 e. The number of hydrogen-bond donors (Lipinski definition) is 0. The lowest BCUT2D eigenvalue weighted by Gasteiger charge is -1.95. The highest BCUT2D eigenvalue weighted by Gasteiger charge is 2.14. The van der Waals surface area contributed by atoms with E-state index in [0.717, 1.165) is 10.9 Å². The van der Waals surface area contributed by atoms with Gasteiger partial charge in [-0.2, -0.15) is 4.99 Å². The van der Waals surface area contributed by atoms with Crippen molar-refractivity contribution in [3.63, 3.8) is 0 Å². The van der Waals surface area contributed by atoms with E-state index in [1.807, 2.05) is 18.2 Å². The summed E-state index contributed by atoms with van der Waals surface area (Å²) in [6.07, 6.45) is 0. The molecule has 0 fully saturated rings. The maximum Gasteiger partial charge on any atom is 0.315 e. The lowest BCUT2D eigenvalue weighted by atomic mass is 10.2. The molecule has 7 nitrogen and oxygen atoms in total. The molecule has 0 aliphatic rings. The number of carbonyl (C=O) groups excluding carboxylic acids is 1. The summed E-state index contributed by atoms with van der Waals surface area (Å²) in [5.74, 6) is -0.336. The summed E-state index contributed by atoms with van der Waals surface area (Å²) in [4.78, 5) is 27.4. The predicted molar refractivity (Wildman–Crippen MR) is 93.6 cm³/mol. The van der Waals surface area contributed by atoms with Gasteiger partial charge in [0.15, 0.2) is 10.6 Å². The van der Waals surface area contributed by atoms with E-state index in [1.54, 1.807) is 29.8 Å². The summed E-state index contributed by atoms with van der Waals surface area (Å²) in [7, 11) is 1.76. The van der Waals surface area contributed by atoms with E-state index in [4.69, 9.17) is 4.42 Å². The molecular weight excluding hydrogens is 342 g/mol. The van der Waals surface area contributed by atoms with Crippen LogP contribution in [0.3, 0.4) is 0 Å². The van der Waals surface area contributed by atoms with E-state index in [1.165, 1.54) is 23.5 Å². The summed E-state index contributed by atoms with van der Waals surface area (Å²) >= 11 is 1.21. The second-order valence-electron chi connectivity index (χ2n) is 5.42. The predicted octanol–water partition coefficient (Wildman–Crippen LogP) is 3.64. The first kappa shape index (κ1) is 15.3. The van der Waals surface area contributed by atoms with Gasteiger partial charge in [-0.15, -0.1) is 0 Å². The summed E-state index contributed by atoms with van der Waals surface area (Å²) in [5, 5.41) is 11.7. The summed E-state index contributed by atoms with van der Waals surface area (Å²) in [5.41, 5.74) is 1.40. The van der Waals surface area contributed by atoms with Gasteiger partial charge in [0, 0.05) is 24.6 Å². The molecule has 4 rings (SSSR count). The Morgan fingerprint density at radius 1 is 1.24 bits per heavy atom. The first-order valence-corrected chi connectivity index (χ1v) is 8.16. The molecule has 4 aromatic rings. The fourth-order valence-corrected chi connectivity index (χ4v) is 3.62. The number of aromatic nitrogens is 1. The van der Waals surface area contributed by atoms with Gasteiger partial charge in [-0.25, -0.2) is 0 Å². The molecule has 0 unspecified atom stereocenters. The number of non-ortho nitro benzene ring substituents is 1. The van der Waals surface area contributed by atoms with Crippen LogP contribution in [-0.2, 0) is 7.05 Å². The number of nitrogens with zero attached hydrogens (tertiary/aromatic N) is 3. The molecule has 1 amide bonds. The van der Waals surface area contributed by atoms with Crippen LogP contribution in [0.5, 0.6) is 0 Å². The van der Waals surface area contributed by atoms with Gasteiger partial charge < -0.3 is 8.98 Å². The molecule has 0 radical (unpaired) electrons. The van der Waals surface area contributed by atoms with Crippen molar-refractivity contribution in [1.82, 2.24) is 4.57 Å². The molecule has 2 aromatic heterocycles. The number of amides is 1. The molecule has 0 atom stereocenters. The van der Waals surface area contributed by atoms with Crippen molar-refractivity contribution < 1.29 is 14.1 Å². The molecule has 124 valence electrons. The zero-order valence-corrected chi connectivity index (χ0v) is 13.8. The number of hydrogen-bond acceptors (Lipinski definition) is 5. The molecule has 0 saturated carbocycles. The van der Waals surface area contributed by atoms with Crippen LogP contribution in [0.4, 0.5) is 5.69 Å². The third-order valence-electron chi connectivity index (χ3n) is 3.84. The van der Waals surface area contributed by atoms with Gasteiger partial charge >= 0.3 is 5.91 Å². The number of benzene rings is 2. The number of para-hydroxylation sites is 1. The van der Waals surface area contributed by atoms with Crippen LogP contribution < -0.4 is 4.80 Å². The number of nitro groups is 1. The normalized spacial score (nSPS) is 12.1. The largest absolute Gasteiger partial charge is 0.451 e. The van der Waals surface area contributed by atoms with Gasteiger partial charge in [-0.05, 0) is 18.2 Å². The van der Waals surface area contributed by atoms with Crippen molar-refractivity contribution in [2.45, 2.75) is 0 Å². The number of rotatable bonds is 2. The molecule has 0 aliphatic carbocycles. The standard InChI is InChI=1S/C17H11N3O4S/c1-19-12-7-6-11(20(22)23)9-15(12)25-17(19)18-16(21)14-8-10-4-2-3-5-13(10)24-14/h2-9H,1H3. The van der Waals surface area contributed by atoms with E-state index in [9.17, 15) is 14.9 Å². The third-order valence-corrected chi connectivity index (χ3v) is 4.93. The highest BCUT2D eigenvalue weighted by Crippen LogP contribution is 2.23. The smallest absolute Gasteiger partial charge is 0.315 e. The van der Waals surface area contributed by atoms with Crippen LogP contribution in [-0.4, -0.2) is 15.4 Å². The van der Waals surface area contributed by atoms with Crippen molar-refractivity contribution in [3.05, 3.63) is 69.2 Å². The minimum absolute atomic E-state index is 0.00418. The number of carbonyl (C=O) groups is 1. The SMILES string of the molecule is Cn1c(=NC(=O)c2cc3ccccc3o2)sc2cc([N+](=O)[O-])ccc21. The van der Waals surface area contributed by atoms with Crippen molar-refractivity contribution in [2.75, 3.05) is 0 Å². The van der Waals surface area contributed by atoms with Gasteiger partial charge in [-0.1, -0.05) is 29.5 Å². The number of nitro benzene ring substituents is 1. The average Bonchev–Trinajstić information content (AvgIpc) is 3.16. The van der Waals surface area contributed by atoms with Crippen molar-refractivity contribution in [1.29, 1.82) is 0 Å². The summed E-state index contributed by atoms with van der Waals surface area (Å²) in [6.45, 7) is 0. The maximum atomic E-state index is 12.4. The number of aryl methyl sites for hydroxylation is 1. The van der Waals surface area contributed by atoms with E-state index in [0.29, 0.717) is 15.1 Å². The quantitative estimate of drug-likeness (QED) is 0.406. The van der Waals surface area contributed by atoms with Crippen molar-refractivity contribution in [2.24, 2.45) is 12.0 Å². The first-order chi connectivity index (χ1) is 12.0. The Labute approximate surface area is 144 Å². The molecule has 2 heterocycles. The van der Waals surface area contributed by atoms with Crippen LogP contribution >= 0.6 is 11.3 Å². The maximum absolute atomic E-state index is 12.4. The van der Waals surface area contributed by atoms with E-state index in [2.05, 4.69) is 4.99 Å². The van der Waals surface area contributed by atoms with Gasteiger partial charge in [-0.3, -0.25) is 14.9 Å². The number of fused-ring (bicyclic) bond motifs is 2. The Morgan fingerprint density at radius 2 is 2.04 bits per heavy atom. The summed E-state index contributed by atoms with van der Waals surface area (Å²) in [6, 6.07) is 13.5. The Hall–Kier alpha value is -3.26. The summed E-state index contributed by atoms with van der Waals surface area (Å²) < 4.78 is 7.94.